The van der Waals surface area contributed by atoms with Crippen LogP contribution >= 0.6 is 11.3 Å². The highest BCUT2D eigenvalue weighted by Crippen LogP contribution is 2.38. The van der Waals surface area contributed by atoms with Crippen LogP contribution in [0.2, 0.25) is 0 Å². The van der Waals surface area contributed by atoms with Gasteiger partial charge in [0.15, 0.2) is 0 Å². The van der Waals surface area contributed by atoms with Crippen LogP contribution in [0.3, 0.4) is 0 Å². The molecule has 1 aliphatic rings. The van der Waals surface area contributed by atoms with Crippen molar-refractivity contribution in [1.29, 1.82) is 0 Å². The SMILES string of the molecule is CCCCCC(=O)C1CCC(c2nc(C(=O)Nc3ccccc3-c3ccccc3)cs2)CC1. The minimum Gasteiger partial charge on any atom is -0.320 e. The van der Waals surface area contributed by atoms with Gasteiger partial charge in [0.2, 0.25) is 0 Å². The first-order valence-corrected chi connectivity index (χ1v) is 13.0. The molecule has 4 rings (SSSR count). The lowest BCUT2D eigenvalue weighted by atomic mass is 9.79. The molecular formula is C28H32N2O2S. The Morgan fingerprint density at radius 2 is 1.70 bits per heavy atom. The molecule has 33 heavy (non-hydrogen) atoms. The summed E-state index contributed by atoms with van der Waals surface area (Å²) in [5, 5.41) is 5.93. The predicted octanol–water partition coefficient (Wildman–Crippen LogP) is 7.49. The Morgan fingerprint density at radius 3 is 2.45 bits per heavy atom. The zero-order chi connectivity index (χ0) is 23.0. The first-order valence-electron chi connectivity index (χ1n) is 12.1. The zero-order valence-corrected chi connectivity index (χ0v) is 20.1. The van der Waals surface area contributed by atoms with Crippen molar-refractivity contribution < 1.29 is 9.59 Å². The van der Waals surface area contributed by atoms with Gasteiger partial charge in [0, 0.05) is 34.9 Å². The van der Waals surface area contributed by atoms with Gasteiger partial charge in [-0.3, -0.25) is 9.59 Å². The van der Waals surface area contributed by atoms with Crippen LogP contribution < -0.4 is 5.32 Å². The first kappa shape index (κ1) is 23.4. The average molecular weight is 461 g/mol. The van der Waals surface area contributed by atoms with E-state index < -0.39 is 0 Å². The van der Waals surface area contributed by atoms with E-state index in [0.29, 0.717) is 17.4 Å². The fourth-order valence-electron chi connectivity index (χ4n) is 4.64. The number of nitrogens with one attached hydrogen (secondary N) is 1. The Hall–Kier alpha value is -2.79. The Morgan fingerprint density at radius 1 is 0.970 bits per heavy atom. The molecule has 0 unspecified atom stereocenters. The Kier molecular flexibility index (Phi) is 8.05. The molecule has 5 heteroatoms. The molecule has 1 saturated carbocycles. The molecule has 0 bridgehead atoms. The second kappa shape index (κ2) is 11.4. The Bertz CT molecular complexity index is 1070. The number of nitrogens with zero attached hydrogens (tertiary/aromatic N) is 1. The molecule has 1 N–H and O–H groups in total. The van der Waals surface area contributed by atoms with E-state index in [9.17, 15) is 9.59 Å². The number of aromatic nitrogens is 1. The number of rotatable bonds is 9. The van der Waals surface area contributed by atoms with E-state index in [2.05, 4.69) is 17.2 Å². The summed E-state index contributed by atoms with van der Waals surface area (Å²) >= 11 is 1.57. The fourth-order valence-corrected chi connectivity index (χ4v) is 5.61. The second-order valence-corrected chi connectivity index (χ2v) is 9.80. The number of ketones is 1. The van der Waals surface area contributed by atoms with Crippen molar-refractivity contribution in [2.75, 3.05) is 5.32 Å². The standard InChI is InChI=1S/C28H32N2O2S/c1-2-3-5-14-26(31)21-15-17-22(18-16-21)28-30-25(19-33-28)27(32)29-24-13-9-8-12-23(24)20-10-6-4-7-11-20/h4,6-13,19,21-22H,2-3,5,14-18H2,1H3,(H,29,32). The largest absolute Gasteiger partial charge is 0.320 e. The fraction of sp³-hybridized carbons (Fsp3) is 0.393. The monoisotopic (exact) mass is 460 g/mol. The maximum atomic E-state index is 12.9. The molecule has 0 aliphatic heterocycles. The highest BCUT2D eigenvalue weighted by Gasteiger charge is 2.28. The normalized spacial score (nSPS) is 18.1. The minimum atomic E-state index is -0.180. The maximum absolute atomic E-state index is 12.9. The molecule has 0 radical (unpaired) electrons. The highest BCUT2D eigenvalue weighted by molar-refractivity contribution is 7.10. The lowest BCUT2D eigenvalue weighted by molar-refractivity contribution is -0.124. The van der Waals surface area contributed by atoms with Crippen molar-refractivity contribution in [1.82, 2.24) is 4.98 Å². The molecule has 4 nitrogen and oxygen atoms in total. The Balaban J connectivity index is 1.36. The summed E-state index contributed by atoms with van der Waals surface area (Å²) in [4.78, 5) is 30.1. The van der Waals surface area contributed by atoms with E-state index in [1.54, 1.807) is 11.3 Å². The van der Waals surface area contributed by atoms with Crippen molar-refractivity contribution in [2.24, 2.45) is 5.92 Å². The number of amides is 1. The van der Waals surface area contributed by atoms with Crippen molar-refractivity contribution in [3.05, 3.63) is 70.7 Å². The summed E-state index contributed by atoms with van der Waals surface area (Å²) in [7, 11) is 0. The van der Waals surface area contributed by atoms with Gasteiger partial charge in [-0.1, -0.05) is 68.3 Å². The van der Waals surface area contributed by atoms with Gasteiger partial charge in [-0.15, -0.1) is 11.3 Å². The number of anilines is 1. The number of thiazole rings is 1. The quantitative estimate of drug-likeness (QED) is 0.337. The van der Waals surface area contributed by atoms with Gasteiger partial charge >= 0.3 is 0 Å². The molecule has 172 valence electrons. The molecule has 0 spiro atoms. The van der Waals surface area contributed by atoms with Gasteiger partial charge in [-0.05, 0) is 43.7 Å². The topological polar surface area (TPSA) is 59.1 Å². The third-order valence-corrected chi connectivity index (χ3v) is 7.58. The smallest absolute Gasteiger partial charge is 0.275 e. The molecule has 3 aromatic rings. The molecule has 1 aliphatic carbocycles. The summed E-state index contributed by atoms with van der Waals surface area (Å²) in [5.41, 5.74) is 3.30. The van der Waals surface area contributed by atoms with Gasteiger partial charge in [0.25, 0.3) is 5.91 Å². The van der Waals surface area contributed by atoms with Crippen molar-refractivity contribution in [3.8, 4) is 11.1 Å². The predicted molar refractivity (Wildman–Crippen MR) is 136 cm³/mol. The summed E-state index contributed by atoms with van der Waals surface area (Å²) in [6, 6.07) is 17.9. The minimum absolute atomic E-state index is 0.180. The molecule has 1 aromatic heterocycles. The van der Waals surface area contributed by atoms with Gasteiger partial charge in [-0.2, -0.15) is 0 Å². The van der Waals surface area contributed by atoms with Gasteiger partial charge in [-0.25, -0.2) is 4.98 Å². The number of benzene rings is 2. The van der Waals surface area contributed by atoms with Crippen LogP contribution in [0, 0.1) is 5.92 Å². The zero-order valence-electron chi connectivity index (χ0n) is 19.3. The number of para-hydroxylation sites is 1. The van der Waals surface area contributed by atoms with E-state index in [0.717, 1.165) is 73.2 Å². The van der Waals surface area contributed by atoms with Gasteiger partial charge in [0.1, 0.15) is 11.5 Å². The van der Waals surface area contributed by atoms with Crippen LogP contribution in [0.15, 0.2) is 60.0 Å². The van der Waals surface area contributed by atoms with E-state index in [-0.39, 0.29) is 11.8 Å². The van der Waals surface area contributed by atoms with Crippen LogP contribution in [0.5, 0.6) is 0 Å². The van der Waals surface area contributed by atoms with E-state index in [1.807, 2.05) is 60.0 Å². The van der Waals surface area contributed by atoms with Crippen molar-refractivity contribution in [3.63, 3.8) is 0 Å². The maximum Gasteiger partial charge on any atom is 0.275 e. The molecule has 2 aromatic carbocycles. The van der Waals surface area contributed by atoms with Crippen LogP contribution in [0.1, 0.15) is 79.7 Å². The summed E-state index contributed by atoms with van der Waals surface area (Å²) in [6.07, 6.45) is 7.90. The van der Waals surface area contributed by atoms with Crippen LogP contribution in [-0.2, 0) is 4.79 Å². The van der Waals surface area contributed by atoms with Crippen LogP contribution in [0.25, 0.3) is 11.1 Å². The summed E-state index contributed by atoms with van der Waals surface area (Å²) in [6.45, 7) is 2.17. The Labute approximate surface area is 200 Å². The number of Topliss-reactive ketones (excluding diaryl/α,β-unsaturated/α-hetero) is 1. The lowest BCUT2D eigenvalue weighted by Gasteiger charge is -2.26. The van der Waals surface area contributed by atoms with E-state index >= 15 is 0 Å². The van der Waals surface area contributed by atoms with E-state index in [1.165, 1.54) is 0 Å². The molecule has 1 amide bonds. The number of carbonyl (C=O) groups is 2. The molecule has 0 saturated heterocycles. The number of hydrogen-bond donors (Lipinski definition) is 1. The highest BCUT2D eigenvalue weighted by atomic mass is 32.1. The number of hydrogen-bond acceptors (Lipinski definition) is 4. The summed E-state index contributed by atoms with van der Waals surface area (Å²) in [5.74, 6) is 0.835. The first-order chi connectivity index (χ1) is 16.2. The number of carbonyl (C=O) groups excluding carboxylic acids is 2. The number of unbranched alkanes of at least 4 members (excludes halogenated alkanes) is 2. The third kappa shape index (κ3) is 5.97. The summed E-state index contributed by atoms with van der Waals surface area (Å²) < 4.78 is 0. The third-order valence-electron chi connectivity index (χ3n) is 6.57. The van der Waals surface area contributed by atoms with Crippen LogP contribution in [0.4, 0.5) is 5.69 Å². The lowest BCUT2D eigenvalue weighted by Crippen LogP contribution is -2.21. The molecular weight excluding hydrogens is 428 g/mol. The van der Waals surface area contributed by atoms with Crippen molar-refractivity contribution in [2.45, 2.75) is 64.2 Å². The van der Waals surface area contributed by atoms with Gasteiger partial charge in [0.05, 0.1) is 5.01 Å². The molecule has 1 fully saturated rings. The van der Waals surface area contributed by atoms with Crippen molar-refractivity contribution >= 4 is 28.7 Å². The van der Waals surface area contributed by atoms with Gasteiger partial charge < -0.3 is 5.32 Å². The average Bonchev–Trinajstić information content (AvgIpc) is 3.36. The second-order valence-electron chi connectivity index (χ2n) is 8.91. The molecule has 0 atom stereocenters. The molecule has 1 heterocycles. The van der Waals surface area contributed by atoms with Crippen LogP contribution in [-0.4, -0.2) is 16.7 Å². The van der Waals surface area contributed by atoms with E-state index in [4.69, 9.17) is 0 Å².